The van der Waals surface area contributed by atoms with Gasteiger partial charge < -0.3 is 80.2 Å². The number of phosphoric acid groups is 2. The summed E-state index contributed by atoms with van der Waals surface area (Å²) in [4.78, 5) is 51.3. The number of hydrogen-bond donors (Lipinski definition) is 4. The summed E-state index contributed by atoms with van der Waals surface area (Å²) in [5.74, 6) is 0. The van der Waals surface area contributed by atoms with Gasteiger partial charge in [-0.1, -0.05) is 72.8 Å². The van der Waals surface area contributed by atoms with Crippen LogP contribution < -0.4 is 50.3 Å². The van der Waals surface area contributed by atoms with Gasteiger partial charge >= 0.3 is 0 Å². The highest BCUT2D eigenvalue weighted by Gasteiger charge is 1.86. The van der Waals surface area contributed by atoms with E-state index >= 15 is 0 Å². The summed E-state index contributed by atoms with van der Waals surface area (Å²) >= 11 is 0. The highest BCUT2D eigenvalue weighted by molar-refractivity contribution is 7.40. The molecule has 0 unspecified atom stereocenters. The Kier molecular flexibility index (Phi) is 23.2. The van der Waals surface area contributed by atoms with Gasteiger partial charge in [-0.15, -0.1) is 0 Å². The van der Waals surface area contributed by atoms with E-state index in [0.717, 1.165) is 0 Å². The van der Waals surface area contributed by atoms with E-state index in [1.807, 2.05) is 0 Å². The van der Waals surface area contributed by atoms with Crippen LogP contribution in [0.15, 0.2) is 121 Å². The Morgan fingerprint density at radius 2 is 0.457 bits per heavy atom. The Balaban J connectivity index is 0. The third-order valence-electron chi connectivity index (χ3n) is 3.91. The Hall–Kier alpha value is -4.02. The van der Waals surface area contributed by atoms with Gasteiger partial charge in [0.05, 0.1) is 22.7 Å². The van der Waals surface area contributed by atoms with Gasteiger partial charge in [0, 0.05) is 0 Å². The first-order valence-electron chi connectivity index (χ1n) is 11.5. The lowest BCUT2D eigenvalue weighted by atomic mass is 10.3. The SMILES string of the molecule is O=P([O-])([O-])[O-].O=P([O-])([O-])[O-].[O-]N(O)c1ccccc1.[O-]N(O)c1ccccc1.[O-]N(O)c1ccccc1.[O-]N(O)c1ccccc1. The van der Waals surface area contributed by atoms with Gasteiger partial charge in [0.1, 0.15) is 0 Å². The maximum absolute atomic E-state index is 10.1. The van der Waals surface area contributed by atoms with Crippen LogP contribution in [0, 0.1) is 20.8 Å². The zero-order valence-corrected chi connectivity index (χ0v) is 24.7. The number of rotatable bonds is 4. The number of nitrogens with zero attached hydrogens (tertiary/aromatic N) is 4. The van der Waals surface area contributed by atoms with E-state index in [1.54, 1.807) is 72.8 Å². The highest BCUT2D eigenvalue weighted by atomic mass is 31.2. The van der Waals surface area contributed by atoms with Crippen LogP contribution in [-0.4, -0.2) is 20.8 Å². The molecule has 0 radical (unpaired) electrons. The topological polar surface area (TPSA) is 359 Å². The predicted molar refractivity (Wildman–Crippen MR) is 152 cm³/mol. The molecule has 0 heterocycles. The molecule has 46 heavy (non-hydrogen) atoms. The molecule has 0 aliphatic carbocycles. The van der Waals surface area contributed by atoms with Crippen molar-refractivity contribution in [2.45, 2.75) is 0 Å². The van der Waals surface area contributed by atoms with Crippen LogP contribution in [0.4, 0.5) is 22.7 Å². The van der Waals surface area contributed by atoms with E-state index < -0.39 is 15.6 Å². The van der Waals surface area contributed by atoms with Crippen molar-refractivity contribution in [3.8, 4) is 0 Å². The summed E-state index contributed by atoms with van der Waals surface area (Å²) < 4.78 is 17.1. The normalized spacial score (nSPS) is 9.70. The third kappa shape index (κ3) is 31.4. The van der Waals surface area contributed by atoms with Crippen molar-refractivity contribution < 1.29 is 59.3 Å². The van der Waals surface area contributed by atoms with E-state index in [9.17, 15) is 20.8 Å². The van der Waals surface area contributed by atoms with Crippen LogP contribution in [0.1, 0.15) is 0 Å². The fourth-order valence-electron chi connectivity index (χ4n) is 2.22. The zero-order valence-electron chi connectivity index (χ0n) is 22.9. The molecule has 22 heteroatoms. The lowest BCUT2D eigenvalue weighted by molar-refractivity contribution is -0.434. The van der Waals surface area contributed by atoms with Crippen LogP contribution in [0.3, 0.4) is 0 Å². The van der Waals surface area contributed by atoms with Gasteiger partial charge in [0.2, 0.25) is 0 Å². The maximum atomic E-state index is 10.1. The average Bonchev–Trinajstić information content (AvgIpc) is 2.98. The third-order valence-corrected chi connectivity index (χ3v) is 3.91. The van der Waals surface area contributed by atoms with Gasteiger partial charge in [-0.2, -0.15) is 15.6 Å². The Bertz CT molecular complexity index is 1160. The van der Waals surface area contributed by atoms with Crippen LogP contribution in [0.2, 0.25) is 0 Å². The lowest BCUT2D eigenvalue weighted by Gasteiger charge is -2.36. The van der Waals surface area contributed by atoms with Gasteiger partial charge in [0.15, 0.2) is 0 Å². The molecule has 0 aliphatic rings. The second-order valence-electron chi connectivity index (χ2n) is 7.33. The first-order valence-corrected chi connectivity index (χ1v) is 14.4. The molecular formula is C24H24N4O16P2-10. The molecule has 0 atom stereocenters. The van der Waals surface area contributed by atoms with Crippen molar-refractivity contribution in [2.75, 3.05) is 20.9 Å². The van der Waals surface area contributed by atoms with Crippen molar-refractivity contribution in [3.05, 3.63) is 142 Å². The monoisotopic (exact) mass is 686 g/mol. The zero-order chi connectivity index (χ0) is 35.8. The quantitative estimate of drug-likeness (QED) is 0.160. The van der Waals surface area contributed by atoms with Crippen molar-refractivity contribution >= 4 is 38.4 Å². The molecule has 0 fully saturated rings. The molecule has 4 rings (SSSR count). The second-order valence-corrected chi connectivity index (χ2v) is 9.12. The van der Waals surface area contributed by atoms with E-state index in [1.165, 1.54) is 48.5 Å². The molecule has 20 nitrogen and oxygen atoms in total. The van der Waals surface area contributed by atoms with Crippen molar-refractivity contribution in [2.24, 2.45) is 0 Å². The van der Waals surface area contributed by atoms with Crippen LogP contribution in [0.25, 0.3) is 0 Å². The summed E-state index contributed by atoms with van der Waals surface area (Å²) in [6.07, 6.45) is 0. The average molecular weight is 686 g/mol. The maximum Gasteiger partial charge on any atom is 0.0508 e. The molecule has 0 aromatic heterocycles. The molecular weight excluding hydrogens is 662 g/mol. The van der Waals surface area contributed by atoms with Crippen LogP contribution >= 0.6 is 15.6 Å². The molecule has 0 amide bonds. The number of para-hydroxylation sites is 4. The first kappa shape index (κ1) is 44.1. The van der Waals surface area contributed by atoms with Gasteiger partial charge in [0.25, 0.3) is 0 Å². The van der Waals surface area contributed by atoms with Crippen molar-refractivity contribution in [1.82, 2.24) is 0 Å². The summed E-state index contributed by atoms with van der Waals surface area (Å²) in [6, 6.07) is 32.7. The molecule has 4 aromatic rings. The van der Waals surface area contributed by atoms with Gasteiger partial charge in [-0.05, 0) is 48.5 Å². The Morgan fingerprint density at radius 3 is 0.522 bits per heavy atom. The molecule has 0 spiro atoms. The van der Waals surface area contributed by atoms with Gasteiger partial charge in [-0.3, -0.25) is 20.8 Å². The standard InChI is InChI=1S/4C6H6NO2.2H3O4P/c4*8-7(9)6-4-2-1-3-5-6;2*1-5(2,3)4/h4*1-5,8H;2*(H3,1,2,3,4)/q4*-1;;/p-6. The molecule has 256 valence electrons. The number of hydrogen-bond acceptors (Lipinski definition) is 20. The summed E-state index contributed by atoms with van der Waals surface area (Å²) in [5, 5.41) is 73.0. The minimum Gasteiger partial charge on any atom is -0.822 e. The second kappa shape index (κ2) is 24.2. The number of benzene rings is 4. The van der Waals surface area contributed by atoms with Crippen molar-refractivity contribution in [1.29, 1.82) is 0 Å². The molecule has 4 N–H and O–H groups in total. The largest absolute Gasteiger partial charge is 0.822 e. The van der Waals surface area contributed by atoms with E-state index in [2.05, 4.69) is 0 Å². The fourth-order valence-corrected chi connectivity index (χ4v) is 2.22. The Morgan fingerprint density at radius 1 is 0.348 bits per heavy atom. The minimum absolute atomic E-state index is 0.167. The van der Waals surface area contributed by atoms with Crippen LogP contribution in [-0.2, 0) is 9.13 Å². The smallest absolute Gasteiger partial charge is 0.0508 e. The highest BCUT2D eigenvalue weighted by Crippen LogP contribution is 2.10. The first-order chi connectivity index (χ1) is 21.2. The van der Waals surface area contributed by atoms with Crippen LogP contribution in [0.5, 0.6) is 0 Å². The lowest BCUT2D eigenvalue weighted by Crippen LogP contribution is -2.24. The minimum atomic E-state index is -5.39. The molecule has 0 saturated carbocycles. The molecule has 0 saturated heterocycles. The Labute approximate surface area is 261 Å². The summed E-state index contributed by atoms with van der Waals surface area (Å²) in [7, 11) is -10.8. The van der Waals surface area contributed by atoms with Gasteiger partial charge in [-0.25, -0.2) is 0 Å². The fraction of sp³-hybridized carbons (Fsp3) is 0. The van der Waals surface area contributed by atoms with E-state index in [-0.39, 0.29) is 43.7 Å². The molecule has 0 bridgehead atoms. The number of anilines is 4. The molecule has 4 aromatic carbocycles. The van der Waals surface area contributed by atoms with Crippen molar-refractivity contribution in [3.63, 3.8) is 0 Å². The summed E-state index contributed by atoms with van der Waals surface area (Å²) in [5.41, 5.74) is 0.991. The summed E-state index contributed by atoms with van der Waals surface area (Å²) in [6.45, 7) is 0. The molecule has 0 aliphatic heterocycles. The van der Waals surface area contributed by atoms with E-state index in [0.29, 0.717) is 0 Å². The predicted octanol–water partition coefficient (Wildman–Crippen LogP) is -0.129. The van der Waals surface area contributed by atoms with E-state index in [4.69, 9.17) is 59.3 Å².